The predicted octanol–water partition coefficient (Wildman–Crippen LogP) is 3.11. The van der Waals surface area contributed by atoms with Gasteiger partial charge in [-0.25, -0.2) is 14.6 Å². The first kappa shape index (κ1) is 16.3. The molecule has 0 aliphatic heterocycles. The Morgan fingerprint density at radius 2 is 2.07 bits per heavy atom. The molecule has 0 radical (unpaired) electrons. The molecule has 136 valence electrons. The van der Waals surface area contributed by atoms with Gasteiger partial charge in [0.05, 0.1) is 27.6 Å². The summed E-state index contributed by atoms with van der Waals surface area (Å²) in [6.07, 6.45) is 7.03. The Balaban J connectivity index is 1.50. The van der Waals surface area contributed by atoms with Crippen molar-refractivity contribution < 1.29 is 4.21 Å². The molecule has 0 bridgehead atoms. The normalized spacial score (nSPS) is 20.5. The van der Waals surface area contributed by atoms with E-state index in [-0.39, 0.29) is 5.25 Å². The number of H-pyrrole nitrogens is 1. The topological polar surface area (TPSA) is 89.3 Å². The molecule has 3 heterocycles. The van der Waals surface area contributed by atoms with Crippen molar-refractivity contribution in [3.8, 4) is 17.1 Å². The minimum absolute atomic E-state index is 0.257. The zero-order chi connectivity index (χ0) is 18.4. The van der Waals surface area contributed by atoms with Crippen molar-refractivity contribution in [2.75, 3.05) is 0 Å². The molecule has 1 atom stereocenters. The third-order valence-corrected chi connectivity index (χ3v) is 6.71. The highest BCUT2D eigenvalue weighted by atomic mass is 32.2. The first-order chi connectivity index (χ1) is 13.2. The number of nitrogens with zero attached hydrogens (tertiary/aromatic N) is 5. The third-order valence-electron chi connectivity index (χ3n) is 5.03. The smallest absolute Gasteiger partial charge is 0.162 e. The monoisotopic (exact) mass is 378 g/mol. The highest BCUT2D eigenvalue weighted by molar-refractivity contribution is 7.85. The van der Waals surface area contributed by atoms with Gasteiger partial charge in [0.1, 0.15) is 6.33 Å². The number of aromatic amines is 1. The minimum Gasteiger partial charge on any atom is -0.259 e. The largest absolute Gasteiger partial charge is 0.259 e. The lowest BCUT2D eigenvalue weighted by molar-refractivity contribution is 0.353. The van der Waals surface area contributed by atoms with Gasteiger partial charge in [-0.15, -0.1) is 0 Å². The number of rotatable bonds is 4. The molecule has 1 aliphatic carbocycles. The molecule has 1 fully saturated rings. The van der Waals surface area contributed by atoms with Crippen molar-refractivity contribution in [1.82, 2.24) is 29.9 Å². The molecule has 5 rings (SSSR count). The van der Waals surface area contributed by atoms with Crippen LogP contribution in [0.1, 0.15) is 19.8 Å². The maximum Gasteiger partial charge on any atom is 0.162 e. The molecule has 1 N–H and O–H groups in total. The second kappa shape index (κ2) is 6.38. The van der Waals surface area contributed by atoms with Gasteiger partial charge in [-0.3, -0.25) is 9.31 Å². The Hall–Kier alpha value is -2.87. The number of nitrogens with one attached hydrogen (secondary N) is 1. The first-order valence-electron chi connectivity index (χ1n) is 8.89. The molecule has 1 aliphatic rings. The maximum atomic E-state index is 12.7. The summed E-state index contributed by atoms with van der Waals surface area (Å²) < 4.78 is 14.5. The standard InChI is InChI=1S/C19H18N6OS/c1-12-5-16(6-12)27(26)17-8-14-9-23-25(19(14)20-10-17)15-4-2-3-13(7-15)18-21-11-22-24-18/h2-4,7-12,16H,5-6H2,1H3,(H,21,22,24)/t12?,16?,27-/m0/s1. The van der Waals surface area contributed by atoms with Crippen LogP contribution in [0, 0.1) is 5.92 Å². The van der Waals surface area contributed by atoms with E-state index >= 15 is 0 Å². The van der Waals surface area contributed by atoms with Gasteiger partial charge in [0.2, 0.25) is 0 Å². The summed E-state index contributed by atoms with van der Waals surface area (Å²) in [5.41, 5.74) is 2.55. The molecule has 8 heteroatoms. The van der Waals surface area contributed by atoms with Gasteiger partial charge in [0.25, 0.3) is 0 Å². The quantitative estimate of drug-likeness (QED) is 0.589. The Bertz CT molecular complexity index is 1130. The van der Waals surface area contributed by atoms with Gasteiger partial charge in [0.15, 0.2) is 11.5 Å². The molecule has 27 heavy (non-hydrogen) atoms. The molecule has 0 saturated heterocycles. The third kappa shape index (κ3) is 2.86. The molecule has 3 aromatic heterocycles. The number of benzene rings is 1. The van der Waals surface area contributed by atoms with Gasteiger partial charge < -0.3 is 0 Å². The van der Waals surface area contributed by atoms with Gasteiger partial charge in [0, 0.05) is 22.4 Å². The average molecular weight is 378 g/mol. The molecule has 7 nitrogen and oxygen atoms in total. The van der Waals surface area contributed by atoms with Crippen LogP contribution in [-0.4, -0.2) is 39.4 Å². The maximum absolute atomic E-state index is 12.7. The van der Waals surface area contributed by atoms with Crippen LogP contribution in [0.15, 0.2) is 53.9 Å². The molecule has 0 unspecified atom stereocenters. The molecular formula is C19H18N6OS. The van der Waals surface area contributed by atoms with E-state index < -0.39 is 10.8 Å². The molecule has 4 aromatic rings. The van der Waals surface area contributed by atoms with E-state index in [2.05, 4.69) is 32.2 Å². The van der Waals surface area contributed by atoms with Gasteiger partial charge in [-0.05, 0) is 37.0 Å². The molecule has 1 aromatic carbocycles. The van der Waals surface area contributed by atoms with Gasteiger partial charge >= 0.3 is 0 Å². The molecule has 0 amide bonds. The lowest BCUT2D eigenvalue weighted by atomic mass is 9.87. The van der Waals surface area contributed by atoms with Crippen LogP contribution in [0.2, 0.25) is 0 Å². The Morgan fingerprint density at radius 3 is 2.85 bits per heavy atom. The summed E-state index contributed by atoms with van der Waals surface area (Å²) in [4.78, 5) is 9.54. The lowest BCUT2D eigenvalue weighted by Crippen LogP contribution is -2.30. The summed E-state index contributed by atoms with van der Waals surface area (Å²) in [5.74, 6) is 1.38. The van der Waals surface area contributed by atoms with Crippen LogP contribution in [0.3, 0.4) is 0 Å². The van der Waals surface area contributed by atoms with Gasteiger partial charge in [-0.1, -0.05) is 19.1 Å². The van der Waals surface area contributed by atoms with Crippen molar-refractivity contribution in [3.63, 3.8) is 0 Å². The van der Waals surface area contributed by atoms with Crippen molar-refractivity contribution in [2.45, 2.75) is 29.9 Å². The fraction of sp³-hybridized carbons (Fsp3) is 0.263. The second-order valence-electron chi connectivity index (χ2n) is 7.02. The Kier molecular flexibility index (Phi) is 3.86. The number of hydrogen-bond acceptors (Lipinski definition) is 5. The summed E-state index contributed by atoms with van der Waals surface area (Å²) in [6, 6.07) is 9.81. The van der Waals surface area contributed by atoms with Crippen LogP contribution in [0.5, 0.6) is 0 Å². The molecular weight excluding hydrogens is 360 g/mol. The van der Waals surface area contributed by atoms with E-state index in [9.17, 15) is 4.21 Å². The summed E-state index contributed by atoms with van der Waals surface area (Å²) in [7, 11) is -0.996. The Morgan fingerprint density at radius 1 is 1.19 bits per heavy atom. The van der Waals surface area contributed by atoms with Crippen LogP contribution in [0.4, 0.5) is 0 Å². The first-order valence-corrected chi connectivity index (χ1v) is 10.1. The zero-order valence-corrected chi connectivity index (χ0v) is 15.6. The van der Waals surface area contributed by atoms with Gasteiger partial charge in [-0.2, -0.15) is 10.2 Å². The average Bonchev–Trinajstić information content (AvgIpc) is 3.34. The van der Waals surface area contributed by atoms with E-state index in [0.717, 1.165) is 40.0 Å². The Labute approximate surface area is 158 Å². The lowest BCUT2D eigenvalue weighted by Gasteiger charge is -2.31. The van der Waals surface area contributed by atoms with Crippen LogP contribution in [0.25, 0.3) is 28.1 Å². The second-order valence-corrected chi connectivity index (χ2v) is 8.75. The zero-order valence-electron chi connectivity index (χ0n) is 14.7. The van der Waals surface area contributed by atoms with E-state index in [1.54, 1.807) is 17.1 Å². The van der Waals surface area contributed by atoms with Crippen molar-refractivity contribution in [2.24, 2.45) is 5.92 Å². The summed E-state index contributed by atoms with van der Waals surface area (Å²) in [6.45, 7) is 2.20. The number of pyridine rings is 1. The van der Waals surface area contributed by atoms with Crippen LogP contribution < -0.4 is 0 Å². The fourth-order valence-electron chi connectivity index (χ4n) is 3.53. The molecule has 1 saturated carbocycles. The van der Waals surface area contributed by atoms with Crippen molar-refractivity contribution in [1.29, 1.82) is 0 Å². The van der Waals surface area contributed by atoms with E-state index in [4.69, 9.17) is 0 Å². The summed E-state index contributed by atoms with van der Waals surface area (Å²) in [5, 5.41) is 12.4. The molecule has 0 spiro atoms. The van der Waals surface area contributed by atoms with E-state index in [0.29, 0.717) is 11.7 Å². The predicted molar refractivity (Wildman–Crippen MR) is 103 cm³/mol. The van der Waals surface area contributed by atoms with E-state index in [1.807, 2.05) is 30.3 Å². The minimum atomic E-state index is -0.996. The summed E-state index contributed by atoms with van der Waals surface area (Å²) >= 11 is 0. The van der Waals surface area contributed by atoms with Crippen molar-refractivity contribution >= 4 is 21.8 Å². The number of hydrogen-bond donors (Lipinski definition) is 1. The number of fused-ring (bicyclic) bond motifs is 1. The van der Waals surface area contributed by atoms with Crippen molar-refractivity contribution in [3.05, 3.63) is 49.1 Å². The van der Waals surface area contributed by atoms with Crippen LogP contribution in [-0.2, 0) is 10.8 Å². The number of aromatic nitrogens is 6. The SMILES string of the molecule is CC1CC([S@](=O)c2cnc3c(cnn3-c3cccc(-c4ncn[nH]4)c3)c2)C1. The van der Waals surface area contributed by atoms with E-state index in [1.165, 1.54) is 6.33 Å². The van der Waals surface area contributed by atoms with Crippen LogP contribution >= 0.6 is 0 Å². The highest BCUT2D eigenvalue weighted by Crippen LogP contribution is 2.34. The fourth-order valence-corrected chi connectivity index (χ4v) is 5.32. The highest BCUT2D eigenvalue weighted by Gasteiger charge is 2.31.